The van der Waals surface area contributed by atoms with Gasteiger partial charge in [-0.2, -0.15) is 0 Å². The molecule has 0 aliphatic rings. The molecule has 0 heterocycles. The van der Waals surface area contributed by atoms with Crippen LogP contribution in [0.1, 0.15) is 6.42 Å². The van der Waals surface area contributed by atoms with Crippen molar-refractivity contribution in [2.75, 3.05) is 33.7 Å². The normalized spacial score (nSPS) is 10.1. The van der Waals surface area contributed by atoms with Gasteiger partial charge in [0.15, 0.2) is 0 Å². The molecule has 0 saturated carbocycles. The number of aliphatic carboxylic acids is 1. The van der Waals surface area contributed by atoms with Crippen LogP contribution in [-0.2, 0) is 9.59 Å². The zero-order valence-corrected chi connectivity index (χ0v) is 9.27. The van der Waals surface area contributed by atoms with Gasteiger partial charge >= 0.3 is 5.97 Å². The Morgan fingerprint density at radius 3 is 2.33 bits per heavy atom. The highest BCUT2D eigenvalue weighted by Gasteiger charge is 2.13. The molecular formula is C10H18N2O3. The van der Waals surface area contributed by atoms with Crippen molar-refractivity contribution in [3.63, 3.8) is 0 Å². The number of hydrogen-bond donors (Lipinski definition) is 1. The van der Waals surface area contributed by atoms with Crippen LogP contribution in [0.3, 0.4) is 0 Å². The molecule has 0 fully saturated rings. The highest BCUT2D eigenvalue weighted by Crippen LogP contribution is 1.95. The molecule has 0 saturated heterocycles. The third-order valence-corrected chi connectivity index (χ3v) is 1.85. The predicted molar refractivity (Wildman–Crippen MR) is 57.6 cm³/mol. The largest absolute Gasteiger partial charge is 0.480 e. The van der Waals surface area contributed by atoms with Crippen LogP contribution in [-0.4, -0.2) is 60.5 Å². The standard InChI is InChI=1S/C10H18N2O3/c1-4-9(13)12(8-10(14)15)7-5-6-11(2)3/h4H,1,5-8H2,2-3H3,(H,14,15). The summed E-state index contributed by atoms with van der Waals surface area (Å²) < 4.78 is 0. The van der Waals surface area contributed by atoms with Gasteiger partial charge in [0.1, 0.15) is 6.54 Å². The summed E-state index contributed by atoms with van der Waals surface area (Å²) in [6.45, 7) is 4.33. The lowest BCUT2D eigenvalue weighted by Gasteiger charge is -2.19. The fourth-order valence-corrected chi connectivity index (χ4v) is 1.14. The third-order valence-electron chi connectivity index (χ3n) is 1.85. The summed E-state index contributed by atoms with van der Waals surface area (Å²) in [6.07, 6.45) is 1.89. The molecule has 0 aliphatic heterocycles. The van der Waals surface area contributed by atoms with Gasteiger partial charge in [0.05, 0.1) is 0 Å². The van der Waals surface area contributed by atoms with Crippen LogP contribution in [0.2, 0.25) is 0 Å². The first kappa shape index (κ1) is 13.6. The van der Waals surface area contributed by atoms with Crippen molar-refractivity contribution < 1.29 is 14.7 Å². The van der Waals surface area contributed by atoms with Gasteiger partial charge in [-0.3, -0.25) is 9.59 Å². The molecule has 1 N–H and O–H groups in total. The summed E-state index contributed by atoms with van der Waals surface area (Å²) in [5, 5.41) is 8.60. The van der Waals surface area contributed by atoms with Crippen LogP contribution in [0.5, 0.6) is 0 Å². The van der Waals surface area contributed by atoms with Crippen LogP contribution in [0.25, 0.3) is 0 Å². The fourth-order valence-electron chi connectivity index (χ4n) is 1.14. The van der Waals surface area contributed by atoms with Crippen molar-refractivity contribution >= 4 is 11.9 Å². The lowest BCUT2D eigenvalue weighted by molar-refractivity contribution is -0.142. The van der Waals surface area contributed by atoms with E-state index in [1.165, 1.54) is 4.90 Å². The maximum atomic E-state index is 11.3. The Morgan fingerprint density at radius 1 is 1.33 bits per heavy atom. The highest BCUT2D eigenvalue weighted by molar-refractivity contribution is 5.89. The van der Waals surface area contributed by atoms with E-state index in [0.717, 1.165) is 19.0 Å². The fraction of sp³-hybridized carbons (Fsp3) is 0.600. The molecule has 5 nitrogen and oxygen atoms in total. The number of carboxylic acid groups (broad SMARTS) is 1. The number of carbonyl (C=O) groups is 2. The van der Waals surface area contributed by atoms with E-state index in [1.807, 2.05) is 19.0 Å². The second kappa shape index (κ2) is 7.00. The Balaban J connectivity index is 4.07. The number of hydrogen-bond acceptors (Lipinski definition) is 3. The van der Waals surface area contributed by atoms with Crippen LogP contribution in [0.15, 0.2) is 12.7 Å². The highest BCUT2D eigenvalue weighted by atomic mass is 16.4. The van der Waals surface area contributed by atoms with Gasteiger partial charge in [0, 0.05) is 6.54 Å². The Kier molecular flexibility index (Phi) is 6.37. The summed E-state index contributed by atoms with van der Waals surface area (Å²) in [4.78, 5) is 25.0. The van der Waals surface area contributed by atoms with Gasteiger partial charge in [-0.1, -0.05) is 6.58 Å². The topological polar surface area (TPSA) is 60.9 Å². The van der Waals surface area contributed by atoms with E-state index in [1.54, 1.807) is 0 Å². The van der Waals surface area contributed by atoms with Gasteiger partial charge in [0.2, 0.25) is 5.91 Å². The number of carboxylic acids is 1. The minimum Gasteiger partial charge on any atom is -0.480 e. The quantitative estimate of drug-likeness (QED) is 0.608. The zero-order chi connectivity index (χ0) is 11.8. The summed E-state index contributed by atoms with van der Waals surface area (Å²) >= 11 is 0. The number of carbonyl (C=O) groups excluding carboxylic acids is 1. The zero-order valence-electron chi connectivity index (χ0n) is 9.27. The van der Waals surface area contributed by atoms with Gasteiger partial charge < -0.3 is 14.9 Å². The average molecular weight is 214 g/mol. The van der Waals surface area contributed by atoms with E-state index < -0.39 is 5.97 Å². The predicted octanol–water partition coefficient (Wildman–Crippen LogP) is 0.0373. The number of nitrogens with zero attached hydrogens (tertiary/aromatic N) is 2. The molecule has 0 aromatic rings. The molecule has 0 aromatic carbocycles. The molecule has 0 aliphatic carbocycles. The molecule has 15 heavy (non-hydrogen) atoms. The molecule has 0 spiro atoms. The van der Waals surface area contributed by atoms with Crippen molar-refractivity contribution in [1.29, 1.82) is 0 Å². The molecule has 0 aromatic heterocycles. The van der Waals surface area contributed by atoms with E-state index in [2.05, 4.69) is 6.58 Å². The summed E-state index contributed by atoms with van der Waals surface area (Å²) in [5.74, 6) is -1.34. The van der Waals surface area contributed by atoms with E-state index in [0.29, 0.717) is 6.54 Å². The molecule has 0 radical (unpaired) electrons. The van der Waals surface area contributed by atoms with Crippen LogP contribution < -0.4 is 0 Å². The minimum atomic E-state index is -1.00. The molecule has 0 bridgehead atoms. The van der Waals surface area contributed by atoms with Crippen LogP contribution in [0, 0.1) is 0 Å². The Labute approximate surface area is 90.0 Å². The van der Waals surface area contributed by atoms with Crippen LogP contribution >= 0.6 is 0 Å². The lowest BCUT2D eigenvalue weighted by Crippen LogP contribution is -2.36. The molecule has 0 unspecified atom stereocenters. The monoisotopic (exact) mass is 214 g/mol. The summed E-state index contributed by atoms with van der Waals surface area (Å²) in [6, 6.07) is 0. The number of amides is 1. The molecule has 1 amide bonds. The van der Waals surface area contributed by atoms with Gasteiger partial charge in [-0.15, -0.1) is 0 Å². The maximum Gasteiger partial charge on any atom is 0.323 e. The van der Waals surface area contributed by atoms with Gasteiger partial charge in [0.25, 0.3) is 0 Å². The Morgan fingerprint density at radius 2 is 1.93 bits per heavy atom. The lowest BCUT2D eigenvalue weighted by atomic mass is 10.3. The average Bonchev–Trinajstić information content (AvgIpc) is 2.14. The maximum absolute atomic E-state index is 11.3. The van der Waals surface area contributed by atoms with Crippen molar-refractivity contribution in [3.05, 3.63) is 12.7 Å². The van der Waals surface area contributed by atoms with E-state index >= 15 is 0 Å². The Bertz CT molecular complexity index is 239. The first-order valence-electron chi connectivity index (χ1n) is 4.75. The third kappa shape index (κ3) is 6.68. The second-order valence-corrected chi connectivity index (χ2v) is 3.51. The van der Waals surface area contributed by atoms with Crippen LogP contribution in [0.4, 0.5) is 0 Å². The minimum absolute atomic E-state index is 0.266. The van der Waals surface area contributed by atoms with Gasteiger partial charge in [-0.05, 0) is 33.1 Å². The summed E-state index contributed by atoms with van der Waals surface area (Å²) in [5.41, 5.74) is 0. The van der Waals surface area contributed by atoms with Crippen molar-refractivity contribution in [2.45, 2.75) is 6.42 Å². The van der Waals surface area contributed by atoms with E-state index in [9.17, 15) is 9.59 Å². The van der Waals surface area contributed by atoms with E-state index in [4.69, 9.17) is 5.11 Å². The van der Waals surface area contributed by atoms with Crippen molar-refractivity contribution in [2.24, 2.45) is 0 Å². The second-order valence-electron chi connectivity index (χ2n) is 3.51. The van der Waals surface area contributed by atoms with E-state index in [-0.39, 0.29) is 12.5 Å². The van der Waals surface area contributed by atoms with Crippen molar-refractivity contribution in [3.8, 4) is 0 Å². The molecule has 0 rings (SSSR count). The summed E-state index contributed by atoms with van der Waals surface area (Å²) in [7, 11) is 3.85. The van der Waals surface area contributed by atoms with Crippen molar-refractivity contribution in [1.82, 2.24) is 9.80 Å². The van der Waals surface area contributed by atoms with Gasteiger partial charge in [-0.25, -0.2) is 0 Å². The molecule has 86 valence electrons. The SMILES string of the molecule is C=CC(=O)N(CCCN(C)C)CC(=O)O. The molecular weight excluding hydrogens is 196 g/mol. The molecule has 0 atom stereocenters. The Hall–Kier alpha value is -1.36. The molecule has 5 heteroatoms. The number of rotatable bonds is 7. The first-order valence-corrected chi connectivity index (χ1v) is 4.75. The first-order chi connectivity index (χ1) is 6.97. The smallest absolute Gasteiger partial charge is 0.323 e.